The van der Waals surface area contributed by atoms with Crippen molar-refractivity contribution in [2.24, 2.45) is 5.92 Å². The van der Waals surface area contributed by atoms with E-state index in [1.807, 2.05) is 0 Å². The van der Waals surface area contributed by atoms with Crippen LogP contribution in [0, 0.1) is 5.92 Å². The van der Waals surface area contributed by atoms with Crippen LogP contribution in [0.15, 0.2) is 29.4 Å². The number of nitrogens with zero attached hydrogens (tertiary/aromatic N) is 2. The number of nitrogens with one attached hydrogen (secondary N) is 1. The summed E-state index contributed by atoms with van der Waals surface area (Å²) in [5, 5.41) is 0. The zero-order valence-electron chi connectivity index (χ0n) is 11.0. The van der Waals surface area contributed by atoms with Crippen LogP contribution in [0.1, 0.15) is 12.8 Å². The Morgan fingerprint density at radius 3 is 2.70 bits per heavy atom. The second-order valence-electron chi connectivity index (χ2n) is 5.27. The molecule has 108 valence electrons. The topological polar surface area (TPSA) is 79.4 Å². The summed E-state index contributed by atoms with van der Waals surface area (Å²) in [6.45, 7) is 1.91. The number of piperidine rings is 3. The lowest BCUT2D eigenvalue weighted by molar-refractivity contribution is -0.136. The molecule has 0 saturated carbocycles. The van der Waals surface area contributed by atoms with Crippen molar-refractivity contribution in [3.63, 3.8) is 0 Å². The number of carbonyl (C=O) groups excluding carboxylic acids is 1. The standard InChI is InChI=1S/C13H17N3O3S/c17-13-10-3-6-16(7-4-10)12(13)9-15-20(18,19)11-2-1-5-14-8-11/h1-2,5,8,10,12,15H,3-4,6-7,9H2. The normalized spacial score (nSPS) is 29.6. The van der Waals surface area contributed by atoms with Crippen molar-refractivity contribution in [3.05, 3.63) is 24.5 Å². The maximum atomic E-state index is 12.2. The van der Waals surface area contributed by atoms with Gasteiger partial charge in [0.25, 0.3) is 0 Å². The third-order valence-electron chi connectivity index (χ3n) is 4.11. The fourth-order valence-corrected chi connectivity index (χ4v) is 3.96. The molecule has 1 aromatic heterocycles. The van der Waals surface area contributed by atoms with E-state index in [0.717, 1.165) is 25.9 Å². The number of aromatic nitrogens is 1. The predicted molar refractivity (Wildman–Crippen MR) is 72.5 cm³/mol. The molecule has 20 heavy (non-hydrogen) atoms. The average molecular weight is 295 g/mol. The van der Waals surface area contributed by atoms with Gasteiger partial charge in [0.15, 0.2) is 5.78 Å². The lowest BCUT2D eigenvalue weighted by Gasteiger charge is -2.43. The second-order valence-corrected chi connectivity index (χ2v) is 7.04. The molecule has 4 rings (SSSR count). The van der Waals surface area contributed by atoms with Crippen LogP contribution < -0.4 is 4.72 Å². The molecule has 7 heteroatoms. The van der Waals surface area contributed by atoms with Gasteiger partial charge in [-0.25, -0.2) is 13.1 Å². The van der Waals surface area contributed by atoms with Crippen LogP contribution in [0.25, 0.3) is 0 Å². The Labute approximate surface area is 118 Å². The summed E-state index contributed by atoms with van der Waals surface area (Å²) in [6.07, 6.45) is 4.64. The molecule has 3 fully saturated rings. The van der Waals surface area contributed by atoms with Crippen LogP contribution in [0.5, 0.6) is 0 Å². The summed E-state index contributed by atoms with van der Waals surface area (Å²) in [6, 6.07) is 2.75. The SMILES string of the molecule is O=C1C2CCN(CC2)C1CNS(=O)(=O)c1cccnc1. The molecule has 0 aromatic carbocycles. The molecule has 3 aliphatic rings. The summed E-state index contributed by atoms with van der Waals surface area (Å²) in [7, 11) is -3.59. The van der Waals surface area contributed by atoms with E-state index in [0.29, 0.717) is 0 Å². The van der Waals surface area contributed by atoms with Crippen LogP contribution in [-0.2, 0) is 14.8 Å². The largest absolute Gasteiger partial charge is 0.298 e. The highest BCUT2D eigenvalue weighted by atomic mass is 32.2. The van der Waals surface area contributed by atoms with Crippen molar-refractivity contribution in [1.29, 1.82) is 0 Å². The van der Waals surface area contributed by atoms with Crippen molar-refractivity contribution >= 4 is 15.8 Å². The van der Waals surface area contributed by atoms with Crippen molar-refractivity contribution in [2.45, 2.75) is 23.8 Å². The van der Waals surface area contributed by atoms with Crippen molar-refractivity contribution in [1.82, 2.24) is 14.6 Å². The van der Waals surface area contributed by atoms with Gasteiger partial charge in [0.05, 0.1) is 6.04 Å². The van der Waals surface area contributed by atoms with Gasteiger partial charge in [-0.15, -0.1) is 0 Å². The fraction of sp³-hybridized carbons (Fsp3) is 0.538. The van der Waals surface area contributed by atoms with Gasteiger partial charge in [-0.05, 0) is 38.1 Å². The highest BCUT2D eigenvalue weighted by Crippen LogP contribution is 2.28. The molecule has 2 bridgehead atoms. The van der Waals surface area contributed by atoms with Gasteiger partial charge in [0.2, 0.25) is 10.0 Å². The molecule has 1 unspecified atom stereocenters. The zero-order valence-corrected chi connectivity index (χ0v) is 11.8. The Bertz CT molecular complexity index is 595. The van der Waals surface area contributed by atoms with Crippen LogP contribution >= 0.6 is 0 Å². The maximum Gasteiger partial charge on any atom is 0.242 e. The highest BCUT2D eigenvalue weighted by molar-refractivity contribution is 7.89. The number of hydrogen-bond acceptors (Lipinski definition) is 5. The van der Waals surface area contributed by atoms with Gasteiger partial charge in [0.1, 0.15) is 4.90 Å². The van der Waals surface area contributed by atoms with Crippen LogP contribution in [-0.4, -0.2) is 49.8 Å². The van der Waals surface area contributed by atoms with Crippen LogP contribution in [0.3, 0.4) is 0 Å². The molecule has 3 saturated heterocycles. The molecule has 6 nitrogen and oxygen atoms in total. The van der Waals surface area contributed by atoms with Crippen molar-refractivity contribution in [2.75, 3.05) is 19.6 Å². The summed E-state index contributed by atoms with van der Waals surface area (Å²) in [4.78, 5) is 18.2. The Balaban J connectivity index is 1.69. The minimum atomic E-state index is -3.59. The molecule has 4 heterocycles. The van der Waals surface area contributed by atoms with E-state index in [2.05, 4.69) is 14.6 Å². The van der Waals surface area contributed by atoms with Crippen LogP contribution in [0.2, 0.25) is 0 Å². The molecule has 0 spiro atoms. The van der Waals surface area contributed by atoms with Gasteiger partial charge in [-0.1, -0.05) is 0 Å². The van der Waals surface area contributed by atoms with E-state index < -0.39 is 10.0 Å². The van der Waals surface area contributed by atoms with E-state index in [-0.39, 0.29) is 29.2 Å². The number of fused-ring (bicyclic) bond motifs is 3. The van der Waals surface area contributed by atoms with E-state index in [1.165, 1.54) is 18.5 Å². The first kappa shape index (κ1) is 13.7. The number of rotatable bonds is 4. The lowest BCUT2D eigenvalue weighted by atomic mass is 9.82. The molecule has 0 aliphatic carbocycles. The smallest absolute Gasteiger partial charge is 0.242 e. The van der Waals surface area contributed by atoms with Gasteiger partial charge in [-0.2, -0.15) is 0 Å². The van der Waals surface area contributed by atoms with Gasteiger partial charge >= 0.3 is 0 Å². The average Bonchev–Trinajstić information content (AvgIpc) is 2.48. The minimum absolute atomic E-state index is 0.118. The number of Topliss-reactive ketones (excluding diaryl/α,β-unsaturated/α-hetero) is 1. The number of pyridine rings is 1. The molecular formula is C13H17N3O3S. The Hall–Kier alpha value is -1.31. The molecule has 1 atom stereocenters. The monoisotopic (exact) mass is 295 g/mol. The third-order valence-corrected chi connectivity index (χ3v) is 5.52. The Morgan fingerprint density at radius 2 is 2.10 bits per heavy atom. The number of hydrogen-bond donors (Lipinski definition) is 1. The number of ketones is 1. The summed E-state index contributed by atoms with van der Waals surface area (Å²) in [5.41, 5.74) is 0. The quantitative estimate of drug-likeness (QED) is 0.847. The minimum Gasteiger partial charge on any atom is -0.298 e. The molecule has 1 aromatic rings. The van der Waals surface area contributed by atoms with Crippen molar-refractivity contribution in [3.8, 4) is 0 Å². The molecule has 1 N–H and O–H groups in total. The Morgan fingerprint density at radius 1 is 1.35 bits per heavy atom. The van der Waals surface area contributed by atoms with E-state index in [9.17, 15) is 13.2 Å². The van der Waals surface area contributed by atoms with Gasteiger partial charge in [-0.3, -0.25) is 14.7 Å². The first-order valence-corrected chi connectivity index (χ1v) is 8.24. The third kappa shape index (κ3) is 2.48. The summed E-state index contributed by atoms with van der Waals surface area (Å²) >= 11 is 0. The van der Waals surface area contributed by atoms with E-state index in [4.69, 9.17) is 0 Å². The predicted octanol–water partition coefficient (Wildman–Crippen LogP) is 0.0232. The zero-order chi connectivity index (χ0) is 14.2. The molecule has 3 aliphatic heterocycles. The lowest BCUT2D eigenvalue weighted by Crippen LogP contribution is -2.59. The molecular weight excluding hydrogens is 278 g/mol. The fourth-order valence-electron chi connectivity index (χ4n) is 2.96. The number of carbonyl (C=O) groups is 1. The summed E-state index contributed by atoms with van der Waals surface area (Å²) < 4.78 is 26.7. The first-order chi connectivity index (χ1) is 9.58. The van der Waals surface area contributed by atoms with E-state index in [1.54, 1.807) is 6.07 Å². The van der Waals surface area contributed by atoms with Crippen molar-refractivity contribution < 1.29 is 13.2 Å². The highest BCUT2D eigenvalue weighted by Gasteiger charge is 2.41. The van der Waals surface area contributed by atoms with E-state index >= 15 is 0 Å². The number of sulfonamides is 1. The second kappa shape index (κ2) is 5.23. The Kier molecular flexibility index (Phi) is 3.57. The van der Waals surface area contributed by atoms with Gasteiger partial charge in [0, 0.05) is 24.9 Å². The maximum absolute atomic E-state index is 12.2. The summed E-state index contributed by atoms with van der Waals surface area (Å²) in [5.74, 6) is 0.296. The molecule has 0 amide bonds. The van der Waals surface area contributed by atoms with Crippen LogP contribution in [0.4, 0.5) is 0 Å². The first-order valence-electron chi connectivity index (χ1n) is 6.75. The molecule has 0 radical (unpaired) electrons. The van der Waals surface area contributed by atoms with Gasteiger partial charge < -0.3 is 0 Å².